The first kappa shape index (κ1) is 14.7. The fraction of sp³-hybridized carbons (Fsp3) is 0.786. The molecule has 2 amide bonds. The van der Waals surface area contributed by atoms with Crippen molar-refractivity contribution < 1.29 is 4.79 Å². The van der Waals surface area contributed by atoms with E-state index in [0.717, 1.165) is 32.4 Å². The van der Waals surface area contributed by atoms with Gasteiger partial charge in [0, 0.05) is 24.4 Å². The number of carbonyl (C=O) groups is 1. The summed E-state index contributed by atoms with van der Waals surface area (Å²) in [7, 11) is 0. The van der Waals surface area contributed by atoms with Crippen LogP contribution in [-0.2, 0) is 0 Å². The van der Waals surface area contributed by atoms with Crippen LogP contribution in [0.1, 0.15) is 38.1 Å². The molecule has 0 radical (unpaired) electrons. The molecule has 2 fully saturated rings. The van der Waals surface area contributed by atoms with E-state index in [4.69, 9.17) is 0 Å². The molecule has 1 N–H and O–H groups in total. The van der Waals surface area contributed by atoms with Crippen LogP contribution in [0.3, 0.4) is 0 Å². The van der Waals surface area contributed by atoms with Crippen LogP contribution in [0.15, 0.2) is 12.7 Å². The van der Waals surface area contributed by atoms with Crippen LogP contribution in [0.5, 0.6) is 0 Å². The Morgan fingerprint density at radius 1 is 1.29 bits per heavy atom. The molecule has 116 valence electrons. The van der Waals surface area contributed by atoms with Gasteiger partial charge in [0.25, 0.3) is 0 Å². The van der Waals surface area contributed by atoms with E-state index in [1.54, 1.807) is 12.7 Å². The summed E-state index contributed by atoms with van der Waals surface area (Å²) in [6, 6.07) is 0.834. The maximum absolute atomic E-state index is 12.4. The molecule has 0 aromatic carbocycles. The average Bonchev–Trinajstić information content (AvgIpc) is 3.18. The molecule has 21 heavy (non-hydrogen) atoms. The molecule has 1 saturated heterocycles. The van der Waals surface area contributed by atoms with Crippen molar-refractivity contribution in [2.45, 2.75) is 49.4 Å². The van der Waals surface area contributed by atoms with E-state index in [1.165, 1.54) is 12.8 Å². The molecular formula is C14H23N5OS. The molecule has 1 aliphatic heterocycles. The number of amides is 2. The standard InChI is InChI=1S/C14H23N5OS/c1-21-13-4-2-3-12(13)17-14(20)18-7-5-11(6-8-18)19-10-15-9-16-19/h9-13H,2-8H2,1H3,(H,17,20)/t12-,13+/m0/s1. The first-order valence-electron chi connectivity index (χ1n) is 7.70. The SMILES string of the molecule is CS[C@@H]1CCC[C@@H]1NC(=O)N1CCC(n2cncn2)CC1. The molecule has 2 atom stereocenters. The van der Waals surface area contributed by atoms with Crippen molar-refractivity contribution in [3.8, 4) is 0 Å². The highest BCUT2D eigenvalue weighted by atomic mass is 32.2. The molecule has 1 aliphatic carbocycles. The van der Waals surface area contributed by atoms with Gasteiger partial charge < -0.3 is 10.2 Å². The Kier molecular flexibility index (Phi) is 4.67. The van der Waals surface area contributed by atoms with Crippen molar-refractivity contribution in [2.24, 2.45) is 0 Å². The summed E-state index contributed by atoms with van der Waals surface area (Å²) < 4.78 is 1.91. The molecule has 2 aliphatic rings. The largest absolute Gasteiger partial charge is 0.334 e. The summed E-state index contributed by atoms with van der Waals surface area (Å²) in [5.74, 6) is 0. The number of hydrogen-bond acceptors (Lipinski definition) is 4. The van der Waals surface area contributed by atoms with Crippen LogP contribution in [0, 0.1) is 0 Å². The summed E-state index contributed by atoms with van der Waals surface area (Å²) in [5.41, 5.74) is 0. The molecule has 3 rings (SSSR count). The van der Waals surface area contributed by atoms with Crippen LogP contribution in [-0.4, -0.2) is 56.3 Å². The summed E-state index contributed by atoms with van der Waals surface area (Å²) in [6.45, 7) is 1.60. The number of urea groups is 1. The minimum Gasteiger partial charge on any atom is -0.334 e. The van der Waals surface area contributed by atoms with Crippen LogP contribution in [0.25, 0.3) is 0 Å². The second-order valence-electron chi connectivity index (χ2n) is 5.85. The molecule has 1 saturated carbocycles. The highest BCUT2D eigenvalue weighted by Gasteiger charge is 2.30. The third-order valence-electron chi connectivity index (χ3n) is 4.63. The van der Waals surface area contributed by atoms with Gasteiger partial charge in [0.05, 0.1) is 6.04 Å². The quantitative estimate of drug-likeness (QED) is 0.926. The zero-order valence-corrected chi connectivity index (χ0v) is 13.3. The van der Waals surface area contributed by atoms with Gasteiger partial charge >= 0.3 is 6.03 Å². The minimum atomic E-state index is 0.109. The number of carbonyl (C=O) groups excluding carboxylic acids is 1. The molecule has 0 bridgehead atoms. The summed E-state index contributed by atoms with van der Waals surface area (Å²) in [4.78, 5) is 18.3. The van der Waals surface area contributed by atoms with Gasteiger partial charge in [-0.2, -0.15) is 16.9 Å². The Hall–Kier alpha value is -1.24. The maximum atomic E-state index is 12.4. The van der Waals surface area contributed by atoms with Gasteiger partial charge in [-0.1, -0.05) is 6.42 Å². The predicted molar refractivity (Wildman–Crippen MR) is 83.3 cm³/mol. The average molecular weight is 309 g/mol. The Morgan fingerprint density at radius 3 is 2.76 bits per heavy atom. The first-order valence-corrected chi connectivity index (χ1v) is 8.99. The normalized spacial score (nSPS) is 27.0. The van der Waals surface area contributed by atoms with E-state index in [9.17, 15) is 4.79 Å². The summed E-state index contributed by atoms with van der Waals surface area (Å²) in [5, 5.41) is 8.01. The molecule has 1 aromatic rings. The van der Waals surface area contributed by atoms with E-state index in [-0.39, 0.29) is 6.03 Å². The first-order chi connectivity index (χ1) is 10.3. The lowest BCUT2D eigenvalue weighted by atomic mass is 10.1. The third-order valence-corrected chi connectivity index (χ3v) is 5.80. The van der Waals surface area contributed by atoms with E-state index in [1.807, 2.05) is 21.3 Å². The van der Waals surface area contributed by atoms with Crippen molar-refractivity contribution in [1.82, 2.24) is 25.0 Å². The summed E-state index contributed by atoms with van der Waals surface area (Å²) >= 11 is 1.88. The zero-order valence-electron chi connectivity index (χ0n) is 12.4. The topological polar surface area (TPSA) is 63.1 Å². The van der Waals surface area contributed by atoms with Crippen molar-refractivity contribution >= 4 is 17.8 Å². The number of nitrogens with one attached hydrogen (secondary N) is 1. The lowest BCUT2D eigenvalue weighted by Gasteiger charge is -2.33. The van der Waals surface area contributed by atoms with E-state index >= 15 is 0 Å². The molecule has 0 spiro atoms. The minimum absolute atomic E-state index is 0.109. The predicted octanol–water partition coefficient (Wildman–Crippen LogP) is 1.91. The highest BCUT2D eigenvalue weighted by molar-refractivity contribution is 7.99. The number of hydrogen-bond donors (Lipinski definition) is 1. The van der Waals surface area contributed by atoms with Gasteiger partial charge in [-0.05, 0) is 31.9 Å². The van der Waals surface area contributed by atoms with Crippen LogP contribution < -0.4 is 5.32 Å². The third kappa shape index (κ3) is 3.33. The monoisotopic (exact) mass is 309 g/mol. The molecule has 2 heterocycles. The number of aromatic nitrogens is 3. The van der Waals surface area contributed by atoms with Gasteiger partial charge in [0.1, 0.15) is 12.7 Å². The van der Waals surface area contributed by atoms with Crippen LogP contribution in [0.4, 0.5) is 4.79 Å². The Morgan fingerprint density at radius 2 is 2.10 bits per heavy atom. The molecule has 0 unspecified atom stereocenters. The lowest BCUT2D eigenvalue weighted by Crippen LogP contribution is -2.49. The Balaban J connectivity index is 1.49. The van der Waals surface area contributed by atoms with E-state index < -0.39 is 0 Å². The Labute approximate surface area is 129 Å². The fourth-order valence-electron chi connectivity index (χ4n) is 3.36. The Bertz CT molecular complexity index is 458. The van der Waals surface area contributed by atoms with Gasteiger partial charge in [0.2, 0.25) is 0 Å². The van der Waals surface area contributed by atoms with Crippen LogP contribution in [0.2, 0.25) is 0 Å². The second kappa shape index (κ2) is 6.68. The number of rotatable bonds is 3. The van der Waals surface area contributed by atoms with Gasteiger partial charge in [0.15, 0.2) is 0 Å². The number of nitrogens with zero attached hydrogens (tertiary/aromatic N) is 4. The van der Waals surface area contributed by atoms with Crippen molar-refractivity contribution in [3.63, 3.8) is 0 Å². The molecular weight excluding hydrogens is 286 g/mol. The van der Waals surface area contributed by atoms with Crippen molar-refractivity contribution in [2.75, 3.05) is 19.3 Å². The zero-order chi connectivity index (χ0) is 14.7. The second-order valence-corrected chi connectivity index (χ2v) is 6.93. The van der Waals surface area contributed by atoms with Gasteiger partial charge in [-0.15, -0.1) is 0 Å². The van der Waals surface area contributed by atoms with Gasteiger partial charge in [-0.3, -0.25) is 0 Å². The van der Waals surface area contributed by atoms with E-state index in [2.05, 4.69) is 21.7 Å². The van der Waals surface area contributed by atoms with Gasteiger partial charge in [-0.25, -0.2) is 14.5 Å². The number of piperidine rings is 1. The molecule has 6 nitrogen and oxygen atoms in total. The maximum Gasteiger partial charge on any atom is 0.317 e. The van der Waals surface area contributed by atoms with Crippen molar-refractivity contribution in [3.05, 3.63) is 12.7 Å². The van der Waals surface area contributed by atoms with Crippen molar-refractivity contribution in [1.29, 1.82) is 0 Å². The lowest BCUT2D eigenvalue weighted by molar-refractivity contribution is 0.165. The summed E-state index contributed by atoms with van der Waals surface area (Å²) in [6.07, 6.45) is 10.9. The smallest absolute Gasteiger partial charge is 0.317 e. The number of thioether (sulfide) groups is 1. The number of likely N-dealkylation sites (tertiary alicyclic amines) is 1. The molecule has 1 aromatic heterocycles. The molecule has 7 heteroatoms. The highest BCUT2D eigenvalue weighted by Crippen LogP contribution is 2.29. The van der Waals surface area contributed by atoms with Crippen LogP contribution >= 0.6 is 11.8 Å². The fourth-order valence-corrected chi connectivity index (χ4v) is 4.30. The van der Waals surface area contributed by atoms with E-state index in [0.29, 0.717) is 17.3 Å².